The summed E-state index contributed by atoms with van der Waals surface area (Å²) in [5, 5.41) is 13.8. The van der Waals surface area contributed by atoms with Crippen molar-refractivity contribution in [1.29, 1.82) is 0 Å². The Balaban J connectivity index is 2.33. The van der Waals surface area contributed by atoms with Crippen LogP contribution in [0.3, 0.4) is 0 Å². The van der Waals surface area contributed by atoms with Crippen molar-refractivity contribution in [2.24, 2.45) is 17.2 Å². The molecule has 116 valence electrons. The number of allylic oxidation sites excluding steroid dienone is 2. The van der Waals surface area contributed by atoms with Gasteiger partial charge in [0.25, 0.3) is 0 Å². The molecule has 1 aromatic carbocycles. The predicted molar refractivity (Wildman–Crippen MR) is 87.6 cm³/mol. The smallest absolute Gasteiger partial charge is 0.115 e. The number of hydrogen-bond donors (Lipinski definition) is 4. The van der Waals surface area contributed by atoms with Crippen molar-refractivity contribution in [3.8, 4) is 5.75 Å². The van der Waals surface area contributed by atoms with Gasteiger partial charge >= 0.3 is 0 Å². The van der Waals surface area contributed by atoms with E-state index in [-0.39, 0.29) is 22.8 Å². The third kappa shape index (κ3) is 3.53. The number of aromatic hydroxyl groups is 1. The van der Waals surface area contributed by atoms with Gasteiger partial charge in [-0.3, -0.25) is 4.68 Å². The number of phenolic OH excluding ortho intramolecular Hbond substituents is 1. The molecule has 0 saturated carbocycles. The van der Waals surface area contributed by atoms with E-state index in [1.54, 1.807) is 23.0 Å². The molecule has 1 heterocycles. The highest BCUT2D eigenvalue weighted by Gasteiger charge is 2.12. The summed E-state index contributed by atoms with van der Waals surface area (Å²) >= 11 is 5.69. The average Bonchev–Trinajstić information content (AvgIpc) is 2.93. The zero-order chi connectivity index (χ0) is 16.3. The van der Waals surface area contributed by atoms with Crippen molar-refractivity contribution in [2.45, 2.75) is 13.0 Å². The zero-order valence-electron chi connectivity index (χ0n) is 12.1. The van der Waals surface area contributed by atoms with Gasteiger partial charge in [0, 0.05) is 17.3 Å². The second kappa shape index (κ2) is 6.44. The highest BCUT2D eigenvalue weighted by molar-refractivity contribution is 6.29. The molecular formula is C15H18ClN5O. The van der Waals surface area contributed by atoms with Crippen molar-refractivity contribution in [3.63, 3.8) is 0 Å². The third-order valence-corrected chi connectivity index (χ3v) is 3.39. The first-order valence-corrected chi connectivity index (χ1v) is 6.97. The maximum absolute atomic E-state index is 9.34. The average molecular weight is 320 g/mol. The largest absolute Gasteiger partial charge is 0.508 e. The number of phenols is 1. The van der Waals surface area contributed by atoms with Crippen LogP contribution in [0.5, 0.6) is 5.75 Å². The van der Waals surface area contributed by atoms with E-state index in [1.165, 1.54) is 6.08 Å². The second-order valence-corrected chi connectivity index (χ2v) is 5.31. The lowest BCUT2D eigenvalue weighted by molar-refractivity contribution is 0.474. The van der Waals surface area contributed by atoms with Gasteiger partial charge in [-0.05, 0) is 30.7 Å². The van der Waals surface area contributed by atoms with E-state index in [1.807, 2.05) is 25.3 Å². The Hall–Kier alpha value is -2.60. The molecule has 7 N–H and O–H groups in total. The summed E-state index contributed by atoms with van der Waals surface area (Å²) in [6.45, 7) is 1.99. The van der Waals surface area contributed by atoms with Crippen LogP contribution in [0.25, 0.3) is 5.57 Å². The lowest BCUT2D eigenvalue weighted by Crippen LogP contribution is -2.11. The SMILES string of the molecule is CC(c1ccc(O)cc1)n1cc(C(/C=C(\N)Cl)=C(N)N)cn1. The van der Waals surface area contributed by atoms with Gasteiger partial charge in [-0.2, -0.15) is 5.10 Å². The summed E-state index contributed by atoms with van der Waals surface area (Å²) in [5.41, 5.74) is 19.0. The summed E-state index contributed by atoms with van der Waals surface area (Å²) in [6, 6.07) is 6.93. The summed E-state index contributed by atoms with van der Waals surface area (Å²) in [5.74, 6) is 0.335. The molecule has 1 atom stereocenters. The highest BCUT2D eigenvalue weighted by atomic mass is 35.5. The van der Waals surface area contributed by atoms with Crippen LogP contribution >= 0.6 is 11.6 Å². The minimum Gasteiger partial charge on any atom is -0.508 e. The predicted octanol–water partition coefficient (Wildman–Crippen LogP) is 1.82. The molecule has 0 amide bonds. The van der Waals surface area contributed by atoms with E-state index in [0.717, 1.165) is 5.56 Å². The first-order chi connectivity index (χ1) is 10.4. The van der Waals surface area contributed by atoms with Crippen LogP contribution in [-0.4, -0.2) is 14.9 Å². The van der Waals surface area contributed by atoms with Gasteiger partial charge < -0.3 is 22.3 Å². The van der Waals surface area contributed by atoms with E-state index in [9.17, 15) is 5.11 Å². The van der Waals surface area contributed by atoms with Gasteiger partial charge in [-0.15, -0.1) is 0 Å². The van der Waals surface area contributed by atoms with Crippen LogP contribution in [0, 0.1) is 0 Å². The van der Waals surface area contributed by atoms with E-state index in [4.69, 9.17) is 28.8 Å². The summed E-state index contributed by atoms with van der Waals surface area (Å²) < 4.78 is 1.77. The van der Waals surface area contributed by atoms with Crippen molar-refractivity contribution in [1.82, 2.24) is 9.78 Å². The summed E-state index contributed by atoms with van der Waals surface area (Å²) in [7, 11) is 0. The minimum absolute atomic E-state index is 0.0214. The molecule has 6 nitrogen and oxygen atoms in total. The van der Waals surface area contributed by atoms with Crippen LogP contribution in [0.2, 0.25) is 0 Å². The standard InChI is InChI=1S/C15H18ClN5O/c1-9(10-2-4-12(22)5-3-10)21-8-11(7-20-21)13(15(18)19)6-14(16)17/h2-9,22H,17-19H2,1H3/b14-6-. The van der Waals surface area contributed by atoms with Crippen molar-refractivity contribution >= 4 is 17.2 Å². The van der Waals surface area contributed by atoms with E-state index < -0.39 is 0 Å². The van der Waals surface area contributed by atoms with E-state index in [0.29, 0.717) is 11.1 Å². The Labute approximate surface area is 133 Å². The maximum atomic E-state index is 9.34. The van der Waals surface area contributed by atoms with Gasteiger partial charge in [0.1, 0.15) is 11.6 Å². The molecule has 0 aliphatic heterocycles. The van der Waals surface area contributed by atoms with Gasteiger partial charge in [0.15, 0.2) is 0 Å². The number of halogens is 1. The number of nitrogens with zero attached hydrogens (tertiary/aromatic N) is 2. The monoisotopic (exact) mass is 319 g/mol. The Morgan fingerprint density at radius 2 is 1.91 bits per heavy atom. The molecule has 7 heteroatoms. The molecule has 0 spiro atoms. The molecule has 0 bridgehead atoms. The fourth-order valence-corrected chi connectivity index (χ4v) is 2.17. The molecule has 0 aliphatic carbocycles. The van der Waals surface area contributed by atoms with Crippen molar-refractivity contribution in [3.05, 3.63) is 64.8 Å². The molecule has 2 rings (SSSR count). The van der Waals surface area contributed by atoms with Crippen molar-refractivity contribution in [2.75, 3.05) is 0 Å². The van der Waals surface area contributed by atoms with E-state index in [2.05, 4.69) is 5.10 Å². The number of aromatic nitrogens is 2. The molecule has 0 fully saturated rings. The second-order valence-electron chi connectivity index (χ2n) is 4.87. The minimum atomic E-state index is -0.0214. The van der Waals surface area contributed by atoms with Crippen molar-refractivity contribution < 1.29 is 5.11 Å². The first kappa shape index (κ1) is 15.8. The Kier molecular flexibility index (Phi) is 4.62. The number of hydrogen-bond acceptors (Lipinski definition) is 5. The highest BCUT2D eigenvalue weighted by Crippen LogP contribution is 2.23. The van der Waals surface area contributed by atoms with E-state index >= 15 is 0 Å². The Morgan fingerprint density at radius 1 is 1.27 bits per heavy atom. The molecule has 0 radical (unpaired) electrons. The summed E-state index contributed by atoms with van der Waals surface area (Å²) in [4.78, 5) is 0. The maximum Gasteiger partial charge on any atom is 0.115 e. The molecular weight excluding hydrogens is 302 g/mol. The molecule has 0 saturated heterocycles. The zero-order valence-corrected chi connectivity index (χ0v) is 12.8. The number of nitrogens with two attached hydrogens (primary N) is 3. The first-order valence-electron chi connectivity index (χ1n) is 6.60. The Morgan fingerprint density at radius 3 is 2.45 bits per heavy atom. The van der Waals surface area contributed by atoms with Crippen LogP contribution in [0.15, 0.2) is 53.7 Å². The van der Waals surface area contributed by atoms with Crippen LogP contribution in [-0.2, 0) is 0 Å². The van der Waals surface area contributed by atoms with Crippen LogP contribution in [0.4, 0.5) is 0 Å². The summed E-state index contributed by atoms with van der Waals surface area (Å²) in [6.07, 6.45) is 4.94. The fraction of sp³-hybridized carbons (Fsp3) is 0.133. The number of rotatable bonds is 4. The molecule has 22 heavy (non-hydrogen) atoms. The van der Waals surface area contributed by atoms with Gasteiger partial charge in [-0.25, -0.2) is 0 Å². The Bertz CT molecular complexity index is 710. The molecule has 0 aliphatic rings. The molecule has 1 unspecified atom stereocenters. The lowest BCUT2D eigenvalue weighted by atomic mass is 10.1. The molecule has 1 aromatic heterocycles. The van der Waals surface area contributed by atoms with Crippen LogP contribution < -0.4 is 17.2 Å². The quantitative estimate of drug-likeness (QED) is 0.506. The third-order valence-electron chi connectivity index (χ3n) is 3.28. The van der Waals surface area contributed by atoms with Gasteiger partial charge in [0.05, 0.1) is 17.4 Å². The number of benzene rings is 1. The topological polar surface area (TPSA) is 116 Å². The van der Waals surface area contributed by atoms with Gasteiger partial charge in [0.2, 0.25) is 0 Å². The lowest BCUT2D eigenvalue weighted by Gasteiger charge is -2.12. The normalized spacial score (nSPS) is 12.9. The van der Waals surface area contributed by atoms with Gasteiger partial charge in [-0.1, -0.05) is 23.7 Å². The van der Waals surface area contributed by atoms with Crippen LogP contribution in [0.1, 0.15) is 24.1 Å². The fourth-order valence-electron chi connectivity index (χ4n) is 2.07. The molecule has 2 aromatic rings.